The van der Waals surface area contributed by atoms with Gasteiger partial charge in [0.05, 0.1) is 6.20 Å². The minimum atomic E-state index is -3.50. The molecule has 5 nitrogen and oxygen atoms in total. The number of alkyl halides is 1. The number of hydrogen-bond donors (Lipinski definition) is 1. The minimum absolute atomic E-state index is 0.0655. The molecule has 0 aliphatic heterocycles. The Morgan fingerprint density at radius 3 is 2.62 bits per heavy atom. The molecule has 2 atom stereocenters. The van der Waals surface area contributed by atoms with Gasteiger partial charge in [0, 0.05) is 18.5 Å². The van der Waals surface area contributed by atoms with Crippen LogP contribution in [0.2, 0.25) is 0 Å². The zero-order valence-corrected chi connectivity index (χ0v) is 11.1. The lowest BCUT2D eigenvalue weighted by Gasteiger charge is -2.15. The summed E-state index contributed by atoms with van der Waals surface area (Å²) in [5, 5.41) is 3.91. The Bertz CT molecular complexity index is 441. The SMILES string of the molecule is CC(Cl)CC(C)NS(=O)(=O)c1ccnn1C. The first kappa shape index (κ1) is 13.5. The van der Waals surface area contributed by atoms with Gasteiger partial charge in [0.25, 0.3) is 10.0 Å². The summed E-state index contributed by atoms with van der Waals surface area (Å²) in [6.45, 7) is 3.61. The normalized spacial score (nSPS) is 16.0. The average Bonchev–Trinajstić information content (AvgIpc) is 2.48. The van der Waals surface area contributed by atoms with E-state index in [1.807, 2.05) is 6.92 Å². The predicted octanol–water partition coefficient (Wildman–Crippen LogP) is 1.10. The number of nitrogens with zero attached hydrogens (tertiary/aromatic N) is 2. The van der Waals surface area contributed by atoms with Gasteiger partial charge in [0.2, 0.25) is 0 Å². The zero-order valence-electron chi connectivity index (χ0n) is 9.51. The summed E-state index contributed by atoms with van der Waals surface area (Å²) >= 11 is 5.81. The van der Waals surface area contributed by atoms with E-state index in [0.29, 0.717) is 6.42 Å². The summed E-state index contributed by atoms with van der Waals surface area (Å²) in [6.07, 6.45) is 2.03. The van der Waals surface area contributed by atoms with Crippen molar-refractivity contribution in [2.24, 2.45) is 7.05 Å². The van der Waals surface area contributed by atoms with Crippen LogP contribution in [0.3, 0.4) is 0 Å². The summed E-state index contributed by atoms with van der Waals surface area (Å²) in [5.74, 6) is 0. The Morgan fingerprint density at radius 2 is 2.19 bits per heavy atom. The van der Waals surface area contributed by atoms with Crippen LogP contribution in [0.4, 0.5) is 0 Å². The molecule has 0 aromatic carbocycles. The van der Waals surface area contributed by atoms with Gasteiger partial charge in [0.15, 0.2) is 5.03 Å². The van der Waals surface area contributed by atoms with Crippen molar-refractivity contribution >= 4 is 21.6 Å². The number of hydrogen-bond acceptors (Lipinski definition) is 3. The topological polar surface area (TPSA) is 64.0 Å². The van der Waals surface area contributed by atoms with E-state index in [2.05, 4.69) is 9.82 Å². The molecule has 1 rings (SSSR count). The summed E-state index contributed by atoms with van der Waals surface area (Å²) < 4.78 is 27.7. The van der Waals surface area contributed by atoms with Crippen molar-refractivity contribution < 1.29 is 8.42 Å². The number of nitrogens with one attached hydrogen (secondary N) is 1. The number of aromatic nitrogens is 2. The van der Waals surface area contributed by atoms with Crippen molar-refractivity contribution in [2.45, 2.75) is 36.7 Å². The lowest BCUT2D eigenvalue weighted by Crippen LogP contribution is -2.34. The molecule has 0 spiro atoms. The smallest absolute Gasteiger partial charge is 0.256 e. The van der Waals surface area contributed by atoms with Crippen LogP contribution >= 0.6 is 11.6 Å². The maximum absolute atomic E-state index is 11.9. The van der Waals surface area contributed by atoms with Crippen molar-refractivity contribution in [3.63, 3.8) is 0 Å². The fourth-order valence-corrected chi connectivity index (χ4v) is 3.13. The molecule has 1 aromatic rings. The Hall–Kier alpha value is -0.590. The third-order valence-electron chi connectivity index (χ3n) is 2.09. The van der Waals surface area contributed by atoms with Crippen molar-refractivity contribution in [3.05, 3.63) is 12.3 Å². The van der Waals surface area contributed by atoms with Gasteiger partial charge in [-0.25, -0.2) is 13.1 Å². The number of sulfonamides is 1. The second-order valence-electron chi connectivity index (χ2n) is 3.83. The van der Waals surface area contributed by atoms with E-state index in [4.69, 9.17) is 11.6 Å². The summed E-state index contributed by atoms with van der Waals surface area (Å²) in [4.78, 5) is 0. The largest absolute Gasteiger partial charge is 0.257 e. The van der Waals surface area contributed by atoms with Crippen LogP contribution in [-0.4, -0.2) is 29.6 Å². The first-order valence-corrected chi connectivity index (χ1v) is 6.89. The predicted molar refractivity (Wildman–Crippen MR) is 62.9 cm³/mol. The number of halogens is 1. The fraction of sp³-hybridized carbons (Fsp3) is 0.667. The highest BCUT2D eigenvalue weighted by molar-refractivity contribution is 7.89. The van der Waals surface area contributed by atoms with Crippen LogP contribution in [-0.2, 0) is 17.1 Å². The summed E-state index contributed by atoms with van der Waals surface area (Å²) in [7, 11) is -1.91. The van der Waals surface area contributed by atoms with E-state index in [0.717, 1.165) is 0 Å². The maximum Gasteiger partial charge on any atom is 0.257 e. The van der Waals surface area contributed by atoms with E-state index >= 15 is 0 Å². The highest BCUT2D eigenvalue weighted by atomic mass is 35.5. The molecule has 0 bridgehead atoms. The van der Waals surface area contributed by atoms with Gasteiger partial charge in [-0.1, -0.05) is 0 Å². The van der Waals surface area contributed by atoms with Gasteiger partial charge in [-0.3, -0.25) is 4.68 Å². The quantitative estimate of drug-likeness (QED) is 0.811. The van der Waals surface area contributed by atoms with E-state index in [9.17, 15) is 8.42 Å². The molecular formula is C9H16ClN3O2S. The first-order chi connectivity index (χ1) is 7.33. The van der Waals surface area contributed by atoms with Gasteiger partial charge >= 0.3 is 0 Å². The fourth-order valence-electron chi connectivity index (χ4n) is 1.49. The third kappa shape index (κ3) is 3.47. The number of rotatable bonds is 5. The van der Waals surface area contributed by atoms with Gasteiger partial charge in [-0.2, -0.15) is 5.10 Å². The van der Waals surface area contributed by atoms with Crippen LogP contribution in [0.15, 0.2) is 17.3 Å². The monoisotopic (exact) mass is 265 g/mol. The Kier molecular flexibility index (Phi) is 4.35. The molecule has 1 N–H and O–H groups in total. The van der Waals surface area contributed by atoms with Gasteiger partial charge in [-0.05, 0) is 26.3 Å². The average molecular weight is 266 g/mol. The first-order valence-electron chi connectivity index (χ1n) is 4.97. The lowest BCUT2D eigenvalue weighted by molar-refractivity contribution is 0.533. The van der Waals surface area contributed by atoms with Crippen molar-refractivity contribution in [2.75, 3.05) is 0 Å². The Balaban J connectivity index is 2.77. The van der Waals surface area contributed by atoms with E-state index in [-0.39, 0.29) is 16.4 Å². The molecule has 92 valence electrons. The summed E-state index contributed by atoms with van der Waals surface area (Å²) in [5.41, 5.74) is 0. The van der Waals surface area contributed by atoms with E-state index in [1.165, 1.54) is 16.9 Å². The van der Waals surface area contributed by atoms with E-state index in [1.54, 1.807) is 14.0 Å². The Morgan fingerprint density at radius 1 is 1.56 bits per heavy atom. The molecule has 0 saturated heterocycles. The molecule has 0 amide bonds. The van der Waals surface area contributed by atoms with Crippen molar-refractivity contribution in [3.8, 4) is 0 Å². The zero-order chi connectivity index (χ0) is 12.3. The highest BCUT2D eigenvalue weighted by Gasteiger charge is 2.20. The highest BCUT2D eigenvalue weighted by Crippen LogP contribution is 2.10. The van der Waals surface area contributed by atoms with Crippen molar-refractivity contribution in [1.29, 1.82) is 0 Å². The molecule has 1 aromatic heterocycles. The molecule has 2 unspecified atom stereocenters. The van der Waals surface area contributed by atoms with Crippen LogP contribution in [0.25, 0.3) is 0 Å². The van der Waals surface area contributed by atoms with E-state index < -0.39 is 10.0 Å². The second kappa shape index (κ2) is 5.16. The minimum Gasteiger partial charge on any atom is -0.256 e. The molecule has 0 fully saturated rings. The van der Waals surface area contributed by atoms with Crippen LogP contribution in [0.1, 0.15) is 20.3 Å². The van der Waals surface area contributed by atoms with Crippen LogP contribution in [0, 0.1) is 0 Å². The molecule has 0 aliphatic carbocycles. The molecule has 0 radical (unpaired) electrons. The standard InChI is InChI=1S/C9H16ClN3O2S/c1-7(10)6-8(2)12-16(14,15)9-4-5-11-13(9)3/h4-5,7-8,12H,6H2,1-3H3. The van der Waals surface area contributed by atoms with Gasteiger partial charge < -0.3 is 0 Å². The summed E-state index contributed by atoms with van der Waals surface area (Å²) in [6, 6.07) is 1.26. The molecule has 7 heteroatoms. The molecule has 0 aliphatic rings. The molecule has 0 saturated carbocycles. The molecular weight excluding hydrogens is 250 g/mol. The molecule has 1 heterocycles. The Labute approximate surface area is 101 Å². The van der Waals surface area contributed by atoms with Gasteiger partial charge in [-0.15, -0.1) is 11.6 Å². The van der Waals surface area contributed by atoms with Gasteiger partial charge in [0.1, 0.15) is 0 Å². The second-order valence-corrected chi connectivity index (χ2v) is 6.24. The lowest BCUT2D eigenvalue weighted by atomic mass is 10.2. The maximum atomic E-state index is 11.9. The van der Waals surface area contributed by atoms with Crippen molar-refractivity contribution in [1.82, 2.24) is 14.5 Å². The van der Waals surface area contributed by atoms with Crippen LogP contribution in [0.5, 0.6) is 0 Å². The third-order valence-corrected chi connectivity index (χ3v) is 3.93. The molecule has 16 heavy (non-hydrogen) atoms. The van der Waals surface area contributed by atoms with Crippen LogP contribution < -0.4 is 4.72 Å². The number of aryl methyl sites for hydroxylation is 1.